The molecule has 24 heavy (non-hydrogen) atoms. The van der Waals surface area contributed by atoms with E-state index >= 15 is 0 Å². The Bertz CT molecular complexity index is 342. The van der Waals surface area contributed by atoms with Crippen molar-refractivity contribution in [2.75, 3.05) is 54.2 Å². The number of nitrogens with zero attached hydrogens (tertiary/aromatic N) is 4. The highest BCUT2D eigenvalue weighted by molar-refractivity contribution is 5.80. The standard InChI is InChI=1S/C15H35N5O4/c1-7-18(11-23-5)13(3)16-15(20(9-21)10-22)17-14(4)19(8-2)12-24-6/h13-14,21-22H,7-12H2,1-6H3,(H,16,17). The van der Waals surface area contributed by atoms with Gasteiger partial charge in [0.25, 0.3) is 0 Å². The lowest BCUT2D eigenvalue weighted by Crippen LogP contribution is -2.53. The molecule has 0 aliphatic heterocycles. The first kappa shape index (κ1) is 23.0. The Balaban J connectivity index is 5.25. The van der Waals surface area contributed by atoms with Crippen LogP contribution in [0.2, 0.25) is 0 Å². The number of methoxy groups -OCH3 is 2. The van der Waals surface area contributed by atoms with Gasteiger partial charge in [0.2, 0.25) is 0 Å². The van der Waals surface area contributed by atoms with Gasteiger partial charge in [-0.15, -0.1) is 0 Å². The predicted molar refractivity (Wildman–Crippen MR) is 94.0 cm³/mol. The summed E-state index contributed by atoms with van der Waals surface area (Å²) in [5, 5.41) is 22.2. The van der Waals surface area contributed by atoms with Gasteiger partial charge in [0.15, 0.2) is 5.96 Å². The van der Waals surface area contributed by atoms with Gasteiger partial charge in [0.05, 0.1) is 6.17 Å². The molecule has 0 rings (SSSR count). The van der Waals surface area contributed by atoms with Gasteiger partial charge in [0, 0.05) is 14.2 Å². The molecule has 0 amide bonds. The van der Waals surface area contributed by atoms with Gasteiger partial charge in [-0.2, -0.15) is 0 Å². The molecule has 2 unspecified atom stereocenters. The first-order chi connectivity index (χ1) is 11.5. The lowest BCUT2D eigenvalue weighted by molar-refractivity contribution is 0.0309. The van der Waals surface area contributed by atoms with Crippen LogP contribution in [0, 0.1) is 0 Å². The van der Waals surface area contributed by atoms with Gasteiger partial charge >= 0.3 is 0 Å². The van der Waals surface area contributed by atoms with E-state index in [-0.39, 0.29) is 25.8 Å². The van der Waals surface area contributed by atoms with E-state index in [2.05, 4.69) is 15.2 Å². The molecule has 0 aliphatic rings. The molecule has 0 heterocycles. The van der Waals surface area contributed by atoms with Crippen molar-refractivity contribution < 1.29 is 19.7 Å². The van der Waals surface area contributed by atoms with Gasteiger partial charge in [-0.3, -0.25) is 14.7 Å². The van der Waals surface area contributed by atoms with Gasteiger partial charge in [-0.05, 0) is 26.9 Å². The smallest absolute Gasteiger partial charge is 0.200 e. The molecule has 0 bridgehead atoms. The second-order valence-corrected chi connectivity index (χ2v) is 5.37. The van der Waals surface area contributed by atoms with Crippen LogP contribution in [0.5, 0.6) is 0 Å². The zero-order valence-corrected chi connectivity index (χ0v) is 15.9. The topological polar surface area (TPSA) is 93.0 Å². The summed E-state index contributed by atoms with van der Waals surface area (Å²) in [4.78, 5) is 10.0. The average molecular weight is 349 g/mol. The Labute approximate surface area is 145 Å². The minimum absolute atomic E-state index is 0.0843. The van der Waals surface area contributed by atoms with Crippen LogP contribution in [0.3, 0.4) is 0 Å². The second kappa shape index (κ2) is 13.3. The first-order valence-electron chi connectivity index (χ1n) is 8.25. The SMILES string of the molecule is CCN(COC)C(C)/N=C(\NC(C)N(CC)COC)N(CO)CO. The second-order valence-electron chi connectivity index (χ2n) is 5.37. The third-order valence-corrected chi connectivity index (χ3v) is 3.77. The molecule has 9 heteroatoms. The predicted octanol–water partition coefficient (Wildman–Crippen LogP) is -0.323. The van der Waals surface area contributed by atoms with Crippen molar-refractivity contribution in [3.8, 4) is 0 Å². The lowest BCUT2D eigenvalue weighted by Gasteiger charge is -2.33. The summed E-state index contributed by atoms with van der Waals surface area (Å²) in [5.41, 5.74) is 0. The van der Waals surface area contributed by atoms with Crippen molar-refractivity contribution in [2.45, 2.75) is 40.0 Å². The number of guanidine groups is 1. The molecule has 144 valence electrons. The summed E-state index contributed by atoms with van der Waals surface area (Å²) in [7, 11) is 3.28. The largest absolute Gasteiger partial charge is 0.376 e. The summed E-state index contributed by atoms with van der Waals surface area (Å²) < 4.78 is 10.4. The van der Waals surface area contributed by atoms with Crippen LogP contribution < -0.4 is 5.32 Å². The molecular formula is C15H35N5O4. The molecular weight excluding hydrogens is 314 g/mol. The summed E-state index contributed by atoms with van der Waals surface area (Å²) in [6.07, 6.45) is -0.262. The van der Waals surface area contributed by atoms with E-state index < -0.39 is 0 Å². The van der Waals surface area contributed by atoms with Crippen LogP contribution in [0.15, 0.2) is 4.99 Å². The quantitative estimate of drug-likeness (QED) is 0.251. The Morgan fingerprint density at radius 2 is 1.50 bits per heavy atom. The van der Waals surface area contributed by atoms with E-state index in [1.165, 1.54) is 4.90 Å². The summed E-state index contributed by atoms with van der Waals surface area (Å²) in [6.45, 7) is 9.76. The van der Waals surface area contributed by atoms with Gasteiger partial charge in [-0.25, -0.2) is 4.99 Å². The third kappa shape index (κ3) is 7.73. The Kier molecular flexibility index (Phi) is 12.8. The number of aliphatic hydroxyl groups excluding tert-OH is 2. The van der Waals surface area contributed by atoms with Crippen LogP contribution in [-0.2, 0) is 9.47 Å². The molecule has 0 radical (unpaired) electrons. The van der Waals surface area contributed by atoms with Crippen molar-refractivity contribution in [3.63, 3.8) is 0 Å². The molecule has 0 saturated heterocycles. The van der Waals surface area contributed by atoms with Crippen LogP contribution in [0.25, 0.3) is 0 Å². The van der Waals surface area contributed by atoms with E-state index in [1.807, 2.05) is 32.6 Å². The maximum atomic E-state index is 9.49. The monoisotopic (exact) mass is 349 g/mol. The molecule has 0 aromatic heterocycles. The highest BCUT2D eigenvalue weighted by Crippen LogP contribution is 2.04. The molecule has 0 aromatic rings. The van der Waals surface area contributed by atoms with E-state index in [4.69, 9.17) is 9.47 Å². The van der Waals surface area contributed by atoms with E-state index in [1.54, 1.807) is 14.2 Å². The molecule has 0 fully saturated rings. The minimum atomic E-state index is -0.339. The molecule has 2 atom stereocenters. The van der Waals surface area contributed by atoms with Gasteiger partial charge < -0.3 is 25.0 Å². The van der Waals surface area contributed by atoms with E-state index in [9.17, 15) is 10.2 Å². The summed E-state index contributed by atoms with van der Waals surface area (Å²) in [6, 6.07) is 0. The van der Waals surface area contributed by atoms with Crippen molar-refractivity contribution >= 4 is 5.96 Å². The van der Waals surface area contributed by atoms with Crippen LogP contribution in [-0.4, -0.2) is 97.4 Å². The lowest BCUT2D eigenvalue weighted by atomic mass is 10.4. The molecule has 3 N–H and O–H groups in total. The number of rotatable bonds is 12. The fourth-order valence-electron chi connectivity index (χ4n) is 2.20. The van der Waals surface area contributed by atoms with Crippen molar-refractivity contribution in [2.24, 2.45) is 4.99 Å². The summed E-state index contributed by atoms with van der Waals surface area (Å²) in [5.74, 6) is 0.420. The maximum absolute atomic E-state index is 9.49. The Hall–Kier alpha value is -0.970. The first-order valence-corrected chi connectivity index (χ1v) is 8.25. The number of hydrogen-bond donors (Lipinski definition) is 3. The zero-order valence-electron chi connectivity index (χ0n) is 15.9. The molecule has 0 spiro atoms. The molecule has 0 aromatic carbocycles. The minimum Gasteiger partial charge on any atom is -0.376 e. The number of hydrogen-bond acceptors (Lipinski definition) is 7. The zero-order chi connectivity index (χ0) is 18.5. The summed E-state index contributed by atoms with van der Waals surface area (Å²) >= 11 is 0. The van der Waals surface area contributed by atoms with Crippen LogP contribution in [0.1, 0.15) is 27.7 Å². The number of aliphatic imine (C=N–C) groups is 1. The van der Waals surface area contributed by atoms with Crippen LogP contribution in [0.4, 0.5) is 0 Å². The average Bonchev–Trinajstić information content (AvgIpc) is 2.58. The van der Waals surface area contributed by atoms with Crippen LogP contribution >= 0.6 is 0 Å². The highest BCUT2D eigenvalue weighted by atomic mass is 16.5. The van der Waals surface area contributed by atoms with E-state index in [0.29, 0.717) is 19.4 Å². The number of ether oxygens (including phenoxy) is 2. The Morgan fingerprint density at radius 3 is 1.92 bits per heavy atom. The molecule has 9 nitrogen and oxygen atoms in total. The maximum Gasteiger partial charge on any atom is 0.200 e. The number of aliphatic hydroxyl groups is 2. The van der Waals surface area contributed by atoms with Gasteiger partial charge in [0.1, 0.15) is 33.1 Å². The normalized spacial score (nSPS) is 15.0. The third-order valence-electron chi connectivity index (χ3n) is 3.77. The van der Waals surface area contributed by atoms with Gasteiger partial charge in [-0.1, -0.05) is 13.8 Å². The van der Waals surface area contributed by atoms with Crippen molar-refractivity contribution in [1.82, 2.24) is 20.0 Å². The highest BCUT2D eigenvalue weighted by Gasteiger charge is 2.19. The fourth-order valence-corrected chi connectivity index (χ4v) is 2.20. The van der Waals surface area contributed by atoms with Crippen molar-refractivity contribution in [1.29, 1.82) is 0 Å². The molecule has 0 aliphatic carbocycles. The fraction of sp³-hybridized carbons (Fsp3) is 0.933. The number of nitrogens with one attached hydrogen (secondary N) is 1. The Morgan fingerprint density at radius 1 is 1.00 bits per heavy atom. The molecule has 0 saturated carbocycles. The van der Waals surface area contributed by atoms with Crippen molar-refractivity contribution in [3.05, 3.63) is 0 Å². The van der Waals surface area contributed by atoms with E-state index in [0.717, 1.165) is 13.1 Å².